The van der Waals surface area contributed by atoms with Gasteiger partial charge in [-0.1, -0.05) is 61.0 Å². The van der Waals surface area contributed by atoms with Crippen LogP contribution < -0.4 is 0 Å². The maximum atomic E-state index is 11.7. The first-order valence-electron chi connectivity index (χ1n) is 6.59. The molecule has 0 spiro atoms. The van der Waals surface area contributed by atoms with Crippen molar-refractivity contribution < 1.29 is 4.79 Å². The van der Waals surface area contributed by atoms with Crippen LogP contribution in [0.1, 0.15) is 42.5 Å². The third-order valence-electron chi connectivity index (χ3n) is 3.29. The maximum Gasteiger partial charge on any atom is 0.193 e. The zero-order valence-electron chi connectivity index (χ0n) is 12.2. The number of nitrogens with one attached hydrogen (secondary N) is 1. The van der Waals surface area contributed by atoms with Crippen molar-refractivity contribution in [3.8, 4) is 11.4 Å². The molecule has 0 radical (unpaired) electrons. The number of imidazole rings is 1. The Hall–Kier alpha value is -1.42. The smallest absolute Gasteiger partial charge is 0.193 e. The van der Waals surface area contributed by atoms with Crippen molar-refractivity contribution in [2.24, 2.45) is 0 Å². The summed E-state index contributed by atoms with van der Waals surface area (Å²) in [4.78, 5) is 19.3. The summed E-state index contributed by atoms with van der Waals surface area (Å²) in [5, 5.41) is 0.293. The second-order valence-corrected chi connectivity index (χ2v) is 6.50. The highest BCUT2D eigenvalue weighted by Gasteiger charge is 2.16. The number of Topliss-reactive ketones (excluding diaryl/α,β-unsaturated/α-hetero) is 1. The fourth-order valence-corrected chi connectivity index (χ4v) is 2.33. The van der Waals surface area contributed by atoms with Gasteiger partial charge in [-0.05, 0) is 17.9 Å². The lowest BCUT2D eigenvalue weighted by Gasteiger charge is -2.18. The Kier molecular flexibility index (Phi) is 4.14. The topological polar surface area (TPSA) is 45.8 Å². The number of benzene rings is 1. The number of aromatic amines is 1. The Labute approximate surface area is 128 Å². The number of aryl methyl sites for hydroxylation is 1. The van der Waals surface area contributed by atoms with Gasteiger partial charge < -0.3 is 4.98 Å². The Bertz CT molecular complexity index is 621. The molecule has 1 heterocycles. The molecule has 1 N–H and O–H groups in total. The highest BCUT2D eigenvalue weighted by molar-refractivity contribution is 9.09. The summed E-state index contributed by atoms with van der Waals surface area (Å²) in [6.07, 6.45) is 0. The van der Waals surface area contributed by atoms with Crippen molar-refractivity contribution in [2.75, 3.05) is 5.33 Å². The summed E-state index contributed by atoms with van der Waals surface area (Å²) in [6, 6.07) is 8.31. The van der Waals surface area contributed by atoms with Crippen LogP contribution in [0.2, 0.25) is 0 Å². The van der Waals surface area contributed by atoms with E-state index in [-0.39, 0.29) is 11.2 Å². The van der Waals surface area contributed by atoms with E-state index in [4.69, 9.17) is 0 Å². The second-order valence-electron chi connectivity index (χ2n) is 5.94. The van der Waals surface area contributed by atoms with E-state index in [2.05, 4.69) is 58.8 Å². The minimum atomic E-state index is -0.00342. The highest BCUT2D eigenvalue weighted by atomic mass is 79.9. The molecule has 0 bridgehead atoms. The highest BCUT2D eigenvalue weighted by Crippen LogP contribution is 2.25. The molecule has 0 saturated heterocycles. The maximum absolute atomic E-state index is 11.7. The number of hydrogen-bond donors (Lipinski definition) is 1. The Balaban J connectivity index is 2.35. The first-order chi connectivity index (χ1) is 9.32. The van der Waals surface area contributed by atoms with Crippen LogP contribution in [0, 0.1) is 6.92 Å². The molecule has 106 valence electrons. The lowest BCUT2D eigenvalue weighted by molar-refractivity contribution is 0.101. The van der Waals surface area contributed by atoms with Crippen LogP contribution in [-0.2, 0) is 5.41 Å². The zero-order valence-corrected chi connectivity index (χ0v) is 13.8. The van der Waals surface area contributed by atoms with Gasteiger partial charge in [-0.3, -0.25) is 4.79 Å². The van der Waals surface area contributed by atoms with Crippen LogP contribution in [0.3, 0.4) is 0 Å². The molecule has 0 fully saturated rings. The van der Waals surface area contributed by atoms with Crippen molar-refractivity contribution >= 4 is 21.7 Å². The third-order valence-corrected chi connectivity index (χ3v) is 3.80. The Morgan fingerprint density at radius 1 is 1.25 bits per heavy atom. The van der Waals surface area contributed by atoms with Crippen LogP contribution in [-0.4, -0.2) is 21.1 Å². The van der Waals surface area contributed by atoms with Gasteiger partial charge in [0.05, 0.1) is 5.33 Å². The fraction of sp³-hybridized carbons (Fsp3) is 0.375. The van der Waals surface area contributed by atoms with Crippen molar-refractivity contribution in [3.05, 3.63) is 41.2 Å². The molecular weight excluding hydrogens is 316 g/mol. The molecule has 0 amide bonds. The van der Waals surface area contributed by atoms with Gasteiger partial charge in [-0.25, -0.2) is 4.98 Å². The van der Waals surface area contributed by atoms with E-state index in [9.17, 15) is 4.79 Å². The van der Waals surface area contributed by atoms with Gasteiger partial charge in [0.15, 0.2) is 5.78 Å². The molecule has 1 aromatic heterocycles. The number of halogens is 1. The Morgan fingerprint density at radius 2 is 1.85 bits per heavy atom. The monoisotopic (exact) mass is 334 g/mol. The van der Waals surface area contributed by atoms with E-state index in [1.807, 2.05) is 19.1 Å². The summed E-state index contributed by atoms with van der Waals surface area (Å²) in [6.45, 7) is 8.43. The zero-order chi connectivity index (χ0) is 14.9. The van der Waals surface area contributed by atoms with Crippen LogP contribution >= 0.6 is 15.9 Å². The lowest BCUT2D eigenvalue weighted by atomic mass is 9.87. The van der Waals surface area contributed by atoms with E-state index in [1.165, 1.54) is 5.56 Å². The first kappa shape index (κ1) is 15.0. The molecule has 20 heavy (non-hydrogen) atoms. The predicted molar refractivity (Wildman–Crippen MR) is 85.6 cm³/mol. The van der Waals surface area contributed by atoms with Crippen molar-refractivity contribution in [1.82, 2.24) is 9.97 Å². The van der Waals surface area contributed by atoms with E-state index < -0.39 is 0 Å². The van der Waals surface area contributed by atoms with Crippen molar-refractivity contribution in [1.29, 1.82) is 0 Å². The van der Waals surface area contributed by atoms with Gasteiger partial charge in [0.1, 0.15) is 11.5 Å². The number of ketones is 1. The van der Waals surface area contributed by atoms with Crippen molar-refractivity contribution in [3.63, 3.8) is 0 Å². The molecule has 2 aromatic rings. The molecule has 0 atom stereocenters. The van der Waals surface area contributed by atoms with Crippen LogP contribution in [0.15, 0.2) is 24.3 Å². The first-order valence-corrected chi connectivity index (χ1v) is 7.71. The van der Waals surface area contributed by atoms with Gasteiger partial charge in [0.25, 0.3) is 0 Å². The van der Waals surface area contributed by atoms with Crippen molar-refractivity contribution in [2.45, 2.75) is 33.1 Å². The standard InChI is InChI=1S/C16H19BrN2O/c1-10-14(13(20)9-17)19-15(18-10)11-5-7-12(8-6-11)16(2,3)4/h5-8H,9H2,1-4H3,(H,18,19). The van der Waals surface area contributed by atoms with Crippen LogP contribution in [0.4, 0.5) is 0 Å². The van der Waals surface area contributed by atoms with Gasteiger partial charge in [0, 0.05) is 11.3 Å². The van der Waals surface area contributed by atoms with Gasteiger partial charge in [-0.2, -0.15) is 0 Å². The molecule has 0 unspecified atom stereocenters. The largest absolute Gasteiger partial charge is 0.341 e. The number of hydrogen-bond acceptors (Lipinski definition) is 2. The molecular formula is C16H19BrN2O. The third kappa shape index (κ3) is 3.01. The van der Waals surface area contributed by atoms with Gasteiger partial charge >= 0.3 is 0 Å². The minimum absolute atomic E-state index is 0.00342. The number of alkyl halides is 1. The summed E-state index contributed by atoms with van der Waals surface area (Å²) in [5.74, 6) is 0.739. The van der Waals surface area contributed by atoms with E-state index in [1.54, 1.807) is 0 Å². The van der Waals surface area contributed by atoms with E-state index in [0.717, 1.165) is 17.1 Å². The summed E-state index contributed by atoms with van der Waals surface area (Å²) >= 11 is 3.18. The second kappa shape index (κ2) is 5.52. The molecule has 0 aliphatic rings. The normalized spacial score (nSPS) is 11.7. The predicted octanol–water partition coefficient (Wildman–Crippen LogP) is 4.26. The van der Waals surface area contributed by atoms with Crippen LogP contribution in [0.25, 0.3) is 11.4 Å². The molecule has 4 heteroatoms. The summed E-state index contributed by atoms with van der Waals surface area (Å²) in [7, 11) is 0. The SMILES string of the molecule is Cc1[nH]c(-c2ccc(C(C)(C)C)cc2)nc1C(=O)CBr. The number of nitrogens with zero attached hydrogens (tertiary/aromatic N) is 1. The molecule has 1 aromatic carbocycles. The van der Waals surface area contributed by atoms with E-state index >= 15 is 0 Å². The Morgan fingerprint density at radius 3 is 2.35 bits per heavy atom. The molecule has 2 rings (SSSR count). The fourth-order valence-electron chi connectivity index (χ4n) is 2.06. The van der Waals surface area contributed by atoms with Gasteiger partial charge in [-0.15, -0.1) is 0 Å². The van der Waals surface area contributed by atoms with Crippen LogP contribution in [0.5, 0.6) is 0 Å². The minimum Gasteiger partial charge on any atom is -0.341 e. The lowest BCUT2D eigenvalue weighted by Crippen LogP contribution is -2.10. The summed E-state index contributed by atoms with van der Waals surface area (Å²) < 4.78 is 0. The quantitative estimate of drug-likeness (QED) is 0.673. The number of rotatable bonds is 3. The average molecular weight is 335 g/mol. The molecule has 0 saturated carbocycles. The number of aromatic nitrogens is 2. The van der Waals surface area contributed by atoms with Gasteiger partial charge in [0.2, 0.25) is 0 Å². The molecule has 0 aliphatic heterocycles. The number of carbonyl (C=O) groups is 1. The number of carbonyl (C=O) groups excluding carboxylic acids is 1. The molecule has 0 aliphatic carbocycles. The molecule has 3 nitrogen and oxygen atoms in total. The van der Waals surface area contributed by atoms with E-state index in [0.29, 0.717) is 11.0 Å². The summed E-state index contributed by atoms with van der Waals surface area (Å²) in [5.41, 5.74) is 3.73. The average Bonchev–Trinajstić information content (AvgIpc) is 2.79. The number of H-pyrrole nitrogens is 1.